The Hall–Kier alpha value is -3.41. The number of alkyl halides is 3. The normalized spacial score (nSPS) is 17.3. The van der Waals surface area contributed by atoms with E-state index in [1.807, 2.05) is 0 Å². The Kier molecular flexibility index (Phi) is 6.02. The van der Waals surface area contributed by atoms with Crippen molar-refractivity contribution in [3.63, 3.8) is 0 Å². The van der Waals surface area contributed by atoms with Crippen molar-refractivity contribution in [2.75, 3.05) is 11.4 Å². The van der Waals surface area contributed by atoms with Crippen LogP contribution in [0.3, 0.4) is 0 Å². The van der Waals surface area contributed by atoms with Crippen molar-refractivity contribution in [2.45, 2.75) is 32.6 Å². The van der Waals surface area contributed by atoms with E-state index >= 15 is 0 Å². The van der Waals surface area contributed by atoms with Gasteiger partial charge in [-0.05, 0) is 41.8 Å². The van der Waals surface area contributed by atoms with Crippen LogP contribution in [0.1, 0.15) is 30.5 Å². The smallest absolute Gasteiger partial charge is 0.325 e. The Labute approximate surface area is 176 Å². The Balaban J connectivity index is 1.88. The van der Waals surface area contributed by atoms with Crippen LogP contribution in [0.4, 0.5) is 23.2 Å². The molecular weight excluding hydrogens is 414 g/mol. The van der Waals surface area contributed by atoms with Crippen molar-refractivity contribution in [1.82, 2.24) is 4.90 Å². The predicted octanol–water partition coefficient (Wildman–Crippen LogP) is 4.12. The van der Waals surface area contributed by atoms with Crippen LogP contribution < -0.4 is 4.90 Å². The summed E-state index contributed by atoms with van der Waals surface area (Å²) in [5.74, 6) is -2.07. The summed E-state index contributed by atoms with van der Waals surface area (Å²) >= 11 is 0. The number of nitrogens with zero attached hydrogens (tertiary/aromatic N) is 3. The Bertz CT molecular complexity index is 1040. The molecule has 2 amide bonds. The summed E-state index contributed by atoms with van der Waals surface area (Å²) in [5, 5.41) is 8.89. The Morgan fingerprint density at radius 2 is 1.77 bits per heavy atom. The summed E-state index contributed by atoms with van der Waals surface area (Å²) in [5.41, 5.74) is -0.378. The Morgan fingerprint density at radius 3 is 2.29 bits per heavy atom. The number of anilines is 1. The van der Waals surface area contributed by atoms with Gasteiger partial charge >= 0.3 is 6.18 Å². The molecule has 162 valence electrons. The lowest BCUT2D eigenvalue weighted by atomic mass is 9.96. The standard InChI is InChI=1S/C22H19F4N3O2/c1-13(2)20-21(31)28(18-8-5-15(10-27)9-17(18)23)12-19(30)29(20)11-14-3-6-16(7-4-14)22(24,25)26/h3-9,13,20H,11-12H2,1-2H3. The molecule has 0 saturated carbocycles. The zero-order chi connectivity index (χ0) is 22.9. The molecule has 0 N–H and O–H groups in total. The molecule has 1 heterocycles. The van der Waals surface area contributed by atoms with E-state index in [1.165, 1.54) is 29.2 Å². The minimum atomic E-state index is -4.47. The SMILES string of the molecule is CC(C)C1C(=O)N(c2ccc(C#N)cc2F)CC(=O)N1Cc1ccc(C(F)(F)F)cc1. The highest BCUT2D eigenvalue weighted by Crippen LogP contribution is 2.31. The van der Waals surface area contributed by atoms with Gasteiger partial charge < -0.3 is 4.90 Å². The van der Waals surface area contributed by atoms with E-state index in [0.717, 1.165) is 23.1 Å². The van der Waals surface area contributed by atoms with Gasteiger partial charge in [-0.3, -0.25) is 14.5 Å². The zero-order valence-electron chi connectivity index (χ0n) is 16.8. The molecule has 2 aromatic carbocycles. The van der Waals surface area contributed by atoms with Gasteiger partial charge in [0.05, 0.1) is 22.9 Å². The topological polar surface area (TPSA) is 64.4 Å². The van der Waals surface area contributed by atoms with Crippen LogP contribution in [0, 0.1) is 23.1 Å². The summed E-state index contributed by atoms with van der Waals surface area (Å²) < 4.78 is 52.8. The highest BCUT2D eigenvalue weighted by atomic mass is 19.4. The van der Waals surface area contributed by atoms with Gasteiger partial charge in [0.15, 0.2) is 0 Å². The van der Waals surface area contributed by atoms with Crippen molar-refractivity contribution in [3.05, 3.63) is 65.0 Å². The van der Waals surface area contributed by atoms with E-state index in [2.05, 4.69) is 0 Å². The van der Waals surface area contributed by atoms with Gasteiger partial charge in [0.1, 0.15) is 18.4 Å². The molecule has 1 aliphatic rings. The maximum absolute atomic E-state index is 14.5. The molecular formula is C22H19F4N3O2. The highest BCUT2D eigenvalue weighted by Gasteiger charge is 2.42. The molecule has 1 unspecified atom stereocenters. The van der Waals surface area contributed by atoms with Crippen molar-refractivity contribution in [3.8, 4) is 6.07 Å². The van der Waals surface area contributed by atoms with Gasteiger partial charge in [0, 0.05) is 6.54 Å². The predicted molar refractivity (Wildman–Crippen MR) is 104 cm³/mol. The molecule has 2 aromatic rings. The van der Waals surface area contributed by atoms with Crippen LogP contribution in [-0.2, 0) is 22.3 Å². The van der Waals surface area contributed by atoms with Gasteiger partial charge in [-0.1, -0.05) is 26.0 Å². The van der Waals surface area contributed by atoms with E-state index in [-0.39, 0.29) is 23.7 Å². The number of amides is 2. The van der Waals surface area contributed by atoms with Gasteiger partial charge in [0.25, 0.3) is 5.91 Å². The number of nitriles is 1. The van der Waals surface area contributed by atoms with Crippen LogP contribution in [0.25, 0.3) is 0 Å². The number of carbonyl (C=O) groups excluding carboxylic acids is 2. The monoisotopic (exact) mass is 433 g/mol. The van der Waals surface area contributed by atoms with Gasteiger partial charge in [0.2, 0.25) is 5.91 Å². The molecule has 0 radical (unpaired) electrons. The van der Waals surface area contributed by atoms with Crippen LogP contribution in [-0.4, -0.2) is 29.3 Å². The maximum atomic E-state index is 14.5. The fourth-order valence-corrected chi connectivity index (χ4v) is 3.58. The number of piperazine rings is 1. The molecule has 0 aliphatic carbocycles. The summed E-state index contributed by atoms with van der Waals surface area (Å²) in [7, 11) is 0. The first-order valence-electron chi connectivity index (χ1n) is 9.49. The fourth-order valence-electron chi connectivity index (χ4n) is 3.58. The highest BCUT2D eigenvalue weighted by molar-refractivity contribution is 6.06. The third-order valence-electron chi connectivity index (χ3n) is 5.10. The van der Waals surface area contributed by atoms with Crippen molar-refractivity contribution >= 4 is 17.5 Å². The summed E-state index contributed by atoms with van der Waals surface area (Å²) in [4.78, 5) is 28.4. The first-order valence-corrected chi connectivity index (χ1v) is 9.49. The van der Waals surface area contributed by atoms with Crippen molar-refractivity contribution < 1.29 is 27.2 Å². The van der Waals surface area contributed by atoms with E-state index in [9.17, 15) is 27.2 Å². The number of benzene rings is 2. The molecule has 31 heavy (non-hydrogen) atoms. The van der Waals surface area contributed by atoms with E-state index in [0.29, 0.717) is 5.56 Å². The second-order valence-electron chi connectivity index (χ2n) is 7.61. The minimum absolute atomic E-state index is 0.0464. The summed E-state index contributed by atoms with van der Waals surface area (Å²) in [6.07, 6.45) is -4.47. The Morgan fingerprint density at radius 1 is 1.13 bits per heavy atom. The molecule has 0 aromatic heterocycles. The molecule has 1 aliphatic heterocycles. The second-order valence-corrected chi connectivity index (χ2v) is 7.61. The molecule has 1 atom stereocenters. The average molecular weight is 433 g/mol. The zero-order valence-corrected chi connectivity index (χ0v) is 16.8. The quantitative estimate of drug-likeness (QED) is 0.682. The summed E-state index contributed by atoms with van der Waals surface area (Å²) in [6.45, 7) is 3.00. The average Bonchev–Trinajstić information content (AvgIpc) is 2.70. The van der Waals surface area contributed by atoms with Gasteiger partial charge in [-0.15, -0.1) is 0 Å². The fraction of sp³-hybridized carbons (Fsp3) is 0.318. The van der Waals surface area contributed by atoms with Crippen LogP contribution in [0.15, 0.2) is 42.5 Å². The van der Waals surface area contributed by atoms with Crippen LogP contribution in [0.2, 0.25) is 0 Å². The largest absolute Gasteiger partial charge is 0.416 e. The number of rotatable bonds is 4. The third kappa shape index (κ3) is 4.53. The second kappa shape index (κ2) is 8.38. The number of hydrogen-bond acceptors (Lipinski definition) is 3. The number of carbonyl (C=O) groups is 2. The summed E-state index contributed by atoms with van der Waals surface area (Å²) in [6, 6.07) is 8.90. The molecule has 9 heteroatoms. The van der Waals surface area contributed by atoms with E-state index in [4.69, 9.17) is 5.26 Å². The molecule has 0 bridgehead atoms. The van der Waals surface area contributed by atoms with Gasteiger partial charge in [-0.2, -0.15) is 18.4 Å². The van der Waals surface area contributed by atoms with Crippen molar-refractivity contribution in [1.29, 1.82) is 5.26 Å². The lowest BCUT2D eigenvalue weighted by Crippen LogP contribution is -2.61. The first kappa shape index (κ1) is 22.3. The van der Waals surface area contributed by atoms with Crippen LogP contribution >= 0.6 is 0 Å². The molecule has 1 saturated heterocycles. The maximum Gasteiger partial charge on any atom is 0.416 e. The molecule has 1 fully saturated rings. The lowest BCUT2D eigenvalue weighted by molar-refractivity contribution is -0.145. The van der Waals surface area contributed by atoms with Crippen LogP contribution in [0.5, 0.6) is 0 Å². The molecule has 0 spiro atoms. The van der Waals surface area contributed by atoms with E-state index < -0.39 is 42.0 Å². The molecule has 5 nitrogen and oxygen atoms in total. The van der Waals surface area contributed by atoms with Gasteiger partial charge in [-0.25, -0.2) is 4.39 Å². The van der Waals surface area contributed by atoms with Crippen molar-refractivity contribution in [2.24, 2.45) is 5.92 Å². The minimum Gasteiger partial charge on any atom is -0.325 e. The number of halogens is 4. The third-order valence-corrected chi connectivity index (χ3v) is 5.10. The number of hydrogen-bond donors (Lipinski definition) is 0. The first-order chi connectivity index (χ1) is 14.5. The lowest BCUT2D eigenvalue weighted by Gasteiger charge is -2.42. The molecule has 3 rings (SSSR count). The van der Waals surface area contributed by atoms with E-state index in [1.54, 1.807) is 19.9 Å².